The zero-order valence-corrected chi connectivity index (χ0v) is 13.3. The Labute approximate surface area is 128 Å². The summed E-state index contributed by atoms with van der Waals surface area (Å²) < 4.78 is 19.8. The van der Waals surface area contributed by atoms with Crippen LogP contribution in [0.5, 0.6) is 0 Å². The van der Waals surface area contributed by atoms with Crippen molar-refractivity contribution in [2.24, 2.45) is 5.92 Å². The van der Waals surface area contributed by atoms with Crippen LogP contribution in [0.15, 0.2) is 24.3 Å². The molecule has 0 bridgehead atoms. The molecule has 2 nitrogen and oxygen atoms in total. The minimum absolute atomic E-state index is 0.168. The average Bonchev–Trinajstić information content (AvgIpc) is 2.52. The summed E-state index contributed by atoms with van der Waals surface area (Å²) in [6.07, 6.45) is 6.08. The van der Waals surface area contributed by atoms with Crippen molar-refractivity contribution in [1.82, 2.24) is 5.32 Å². The predicted octanol–water partition coefficient (Wildman–Crippen LogP) is 4.29. The van der Waals surface area contributed by atoms with Crippen LogP contribution in [0.3, 0.4) is 0 Å². The van der Waals surface area contributed by atoms with Gasteiger partial charge in [0.05, 0.1) is 12.7 Å². The van der Waals surface area contributed by atoms with E-state index in [4.69, 9.17) is 4.74 Å². The Bertz CT molecular complexity index is 423. The summed E-state index contributed by atoms with van der Waals surface area (Å²) in [6.45, 7) is 5.83. The van der Waals surface area contributed by atoms with Crippen LogP contribution in [-0.4, -0.2) is 18.7 Å². The first kappa shape index (κ1) is 16.4. The highest BCUT2D eigenvalue weighted by Crippen LogP contribution is 2.29. The summed E-state index contributed by atoms with van der Waals surface area (Å²) in [5.74, 6) is 0.578. The molecule has 0 aliphatic heterocycles. The molecule has 1 fully saturated rings. The molecular formula is C18H28FNO. The highest BCUT2D eigenvalue weighted by molar-refractivity contribution is 5.16. The second-order valence-electron chi connectivity index (χ2n) is 6.09. The fraction of sp³-hybridized carbons (Fsp3) is 0.667. The Kier molecular flexibility index (Phi) is 6.65. The number of benzene rings is 1. The zero-order chi connectivity index (χ0) is 15.1. The molecule has 0 heterocycles. The van der Waals surface area contributed by atoms with Gasteiger partial charge in [-0.25, -0.2) is 4.39 Å². The van der Waals surface area contributed by atoms with Crippen molar-refractivity contribution in [3.05, 3.63) is 35.6 Å². The molecule has 0 saturated heterocycles. The second kappa shape index (κ2) is 8.50. The summed E-state index contributed by atoms with van der Waals surface area (Å²) in [5.41, 5.74) is 0.658. The molecule has 1 aliphatic rings. The number of hydrogen-bond acceptors (Lipinski definition) is 2. The minimum Gasteiger partial charge on any atom is -0.372 e. The number of rotatable bonds is 7. The Hall–Kier alpha value is -0.930. The predicted molar refractivity (Wildman–Crippen MR) is 84.7 cm³/mol. The van der Waals surface area contributed by atoms with Gasteiger partial charge in [0.1, 0.15) is 5.82 Å². The van der Waals surface area contributed by atoms with E-state index in [1.165, 1.54) is 25.3 Å². The van der Waals surface area contributed by atoms with E-state index in [2.05, 4.69) is 19.2 Å². The van der Waals surface area contributed by atoms with Gasteiger partial charge in [0, 0.05) is 11.6 Å². The molecule has 21 heavy (non-hydrogen) atoms. The van der Waals surface area contributed by atoms with E-state index in [1.807, 2.05) is 12.1 Å². The SMILES string of the molecule is CCCNC1CCC(CC)CC1OCc1ccccc1F. The molecule has 3 atom stereocenters. The molecule has 1 saturated carbocycles. The second-order valence-corrected chi connectivity index (χ2v) is 6.09. The topological polar surface area (TPSA) is 21.3 Å². The van der Waals surface area contributed by atoms with Crippen LogP contribution in [-0.2, 0) is 11.3 Å². The number of halogens is 1. The summed E-state index contributed by atoms with van der Waals surface area (Å²) in [7, 11) is 0. The van der Waals surface area contributed by atoms with Crippen molar-refractivity contribution >= 4 is 0 Å². The van der Waals surface area contributed by atoms with Crippen molar-refractivity contribution in [2.75, 3.05) is 6.54 Å². The fourth-order valence-corrected chi connectivity index (χ4v) is 3.14. The molecule has 1 N–H and O–H groups in total. The quantitative estimate of drug-likeness (QED) is 0.809. The van der Waals surface area contributed by atoms with Crippen LogP contribution in [0.25, 0.3) is 0 Å². The van der Waals surface area contributed by atoms with E-state index in [0.717, 1.165) is 25.3 Å². The Morgan fingerprint density at radius 3 is 2.76 bits per heavy atom. The molecule has 3 unspecified atom stereocenters. The van der Waals surface area contributed by atoms with E-state index in [9.17, 15) is 4.39 Å². The third-order valence-electron chi connectivity index (χ3n) is 4.54. The van der Waals surface area contributed by atoms with Gasteiger partial charge in [0.15, 0.2) is 0 Å². The van der Waals surface area contributed by atoms with Crippen LogP contribution in [0.2, 0.25) is 0 Å². The fourth-order valence-electron chi connectivity index (χ4n) is 3.14. The Morgan fingerprint density at radius 1 is 1.24 bits per heavy atom. The number of hydrogen-bond donors (Lipinski definition) is 1. The molecule has 1 aromatic carbocycles. The molecule has 0 amide bonds. The normalized spacial score (nSPS) is 26.0. The molecule has 1 aromatic rings. The van der Waals surface area contributed by atoms with Crippen molar-refractivity contribution in [3.63, 3.8) is 0 Å². The molecule has 0 spiro atoms. The smallest absolute Gasteiger partial charge is 0.128 e. The molecular weight excluding hydrogens is 265 g/mol. The lowest BCUT2D eigenvalue weighted by Gasteiger charge is -2.36. The maximum Gasteiger partial charge on any atom is 0.128 e. The molecule has 0 radical (unpaired) electrons. The molecule has 3 heteroatoms. The van der Waals surface area contributed by atoms with E-state index in [1.54, 1.807) is 6.07 Å². The maximum atomic E-state index is 13.7. The van der Waals surface area contributed by atoms with Crippen LogP contribution >= 0.6 is 0 Å². The van der Waals surface area contributed by atoms with E-state index < -0.39 is 0 Å². The maximum absolute atomic E-state index is 13.7. The Balaban J connectivity index is 1.93. The first-order valence-corrected chi connectivity index (χ1v) is 8.33. The third-order valence-corrected chi connectivity index (χ3v) is 4.54. The highest BCUT2D eigenvalue weighted by Gasteiger charge is 2.30. The zero-order valence-electron chi connectivity index (χ0n) is 13.3. The van der Waals surface area contributed by atoms with Gasteiger partial charge in [-0.2, -0.15) is 0 Å². The first-order chi connectivity index (χ1) is 10.2. The van der Waals surface area contributed by atoms with E-state index in [0.29, 0.717) is 18.2 Å². The van der Waals surface area contributed by atoms with Crippen molar-refractivity contribution in [2.45, 2.75) is 64.7 Å². The van der Waals surface area contributed by atoms with E-state index >= 15 is 0 Å². The molecule has 2 rings (SSSR count). The largest absolute Gasteiger partial charge is 0.372 e. The molecule has 0 aromatic heterocycles. The van der Waals surface area contributed by atoms with Crippen LogP contribution in [0, 0.1) is 11.7 Å². The lowest BCUT2D eigenvalue weighted by Crippen LogP contribution is -2.45. The van der Waals surface area contributed by atoms with Crippen LogP contribution < -0.4 is 5.32 Å². The highest BCUT2D eigenvalue weighted by atomic mass is 19.1. The van der Waals surface area contributed by atoms with Crippen molar-refractivity contribution < 1.29 is 9.13 Å². The molecule has 118 valence electrons. The standard InChI is InChI=1S/C18H28FNO/c1-3-11-20-17-10-9-14(4-2)12-18(17)21-13-15-7-5-6-8-16(15)19/h5-8,14,17-18,20H,3-4,9-13H2,1-2H3. The van der Waals surface area contributed by atoms with Gasteiger partial charge in [0.25, 0.3) is 0 Å². The Morgan fingerprint density at radius 2 is 2.05 bits per heavy atom. The van der Waals surface area contributed by atoms with E-state index in [-0.39, 0.29) is 11.9 Å². The number of ether oxygens (including phenoxy) is 1. The van der Waals surface area contributed by atoms with Gasteiger partial charge in [-0.15, -0.1) is 0 Å². The van der Waals surface area contributed by atoms with Gasteiger partial charge in [-0.05, 0) is 44.2 Å². The van der Waals surface area contributed by atoms with Gasteiger partial charge in [-0.1, -0.05) is 38.5 Å². The van der Waals surface area contributed by atoms with Crippen molar-refractivity contribution in [1.29, 1.82) is 0 Å². The van der Waals surface area contributed by atoms with Gasteiger partial charge >= 0.3 is 0 Å². The van der Waals surface area contributed by atoms with Gasteiger partial charge < -0.3 is 10.1 Å². The van der Waals surface area contributed by atoms with Gasteiger partial charge in [-0.3, -0.25) is 0 Å². The summed E-state index contributed by atoms with van der Waals surface area (Å²) in [6, 6.07) is 7.31. The monoisotopic (exact) mass is 293 g/mol. The number of nitrogens with one attached hydrogen (secondary N) is 1. The first-order valence-electron chi connectivity index (χ1n) is 8.33. The van der Waals surface area contributed by atoms with Gasteiger partial charge in [0.2, 0.25) is 0 Å². The van der Waals surface area contributed by atoms with Crippen LogP contribution in [0.1, 0.15) is 51.5 Å². The average molecular weight is 293 g/mol. The lowest BCUT2D eigenvalue weighted by molar-refractivity contribution is -0.0212. The summed E-state index contributed by atoms with van der Waals surface area (Å²) in [5, 5.41) is 3.60. The lowest BCUT2D eigenvalue weighted by atomic mass is 9.82. The van der Waals surface area contributed by atoms with Crippen LogP contribution in [0.4, 0.5) is 4.39 Å². The minimum atomic E-state index is -0.168. The third kappa shape index (κ3) is 4.79. The van der Waals surface area contributed by atoms with Crippen molar-refractivity contribution in [3.8, 4) is 0 Å². The summed E-state index contributed by atoms with van der Waals surface area (Å²) in [4.78, 5) is 0. The molecule has 1 aliphatic carbocycles. The summed E-state index contributed by atoms with van der Waals surface area (Å²) >= 11 is 0.